The van der Waals surface area contributed by atoms with Crippen molar-refractivity contribution in [2.24, 2.45) is 0 Å². The molecule has 13 heteroatoms. The lowest BCUT2D eigenvalue weighted by molar-refractivity contribution is -0.384. The average Bonchev–Trinajstić information content (AvgIpc) is 3.58. The number of hydrogen-bond donors (Lipinski definition) is 2. The number of ether oxygens (including phenoxy) is 1. The van der Waals surface area contributed by atoms with E-state index in [0.717, 1.165) is 11.0 Å². The Kier molecular flexibility index (Phi) is 10.5. The van der Waals surface area contributed by atoms with E-state index in [-0.39, 0.29) is 35.5 Å². The summed E-state index contributed by atoms with van der Waals surface area (Å²) in [7, 11) is -4.46. The van der Waals surface area contributed by atoms with E-state index in [9.17, 15) is 27.7 Å². The van der Waals surface area contributed by atoms with Crippen LogP contribution in [-0.2, 0) is 21.4 Å². The van der Waals surface area contributed by atoms with E-state index in [1.807, 2.05) is 35.1 Å². The van der Waals surface area contributed by atoms with Gasteiger partial charge in [0.2, 0.25) is 0 Å². The first-order valence-corrected chi connectivity index (χ1v) is 16.3. The molecule has 5 aromatic rings. The number of sulfonamides is 1. The topological polar surface area (TPSA) is 141 Å². The van der Waals surface area contributed by atoms with Crippen molar-refractivity contribution >= 4 is 39.1 Å². The highest BCUT2D eigenvalue weighted by atomic mass is 32.2. The Bertz CT molecular complexity index is 1890. The summed E-state index contributed by atoms with van der Waals surface area (Å²) in [6.07, 6.45) is 1.55. The number of rotatable bonds is 14. The zero-order valence-electron chi connectivity index (χ0n) is 24.2. The first-order chi connectivity index (χ1) is 22.2. The molecule has 2 N–H and O–H groups in total. The molecule has 0 spiro atoms. The molecule has 236 valence electrons. The van der Waals surface area contributed by atoms with E-state index in [2.05, 4.69) is 5.32 Å². The summed E-state index contributed by atoms with van der Waals surface area (Å²) in [6.45, 7) is 0.815. The van der Waals surface area contributed by atoms with E-state index in [4.69, 9.17) is 9.15 Å². The van der Waals surface area contributed by atoms with Gasteiger partial charge in [0, 0.05) is 23.1 Å². The van der Waals surface area contributed by atoms with Crippen molar-refractivity contribution in [2.75, 3.05) is 18.5 Å². The lowest BCUT2D eigenvalue weighted by Gasteiger charge is -2.18. The Morgan fingerprint density at radius 1 is 0.935 bits per heavy atom. The van der Waals surface area contributed by atoms with Gasteiger partial charge >= 0.3 is 0 Å². The minimum atomic E-state index is -4.46. The molecule has 0 saturated heterocycles. The lowest BCUT2D eigenvalue weighted by Crippen LogP contribution is -2.30. The summed E-state index contributed by atoms with van der Waals surface area (Å²) < 4.78 is 52.5. The van der Waals surface area contributed by atoms with Gasteiger partial charge in [-0.2, -0.15) is 0 Å². The predicted molar refractivity (Wildman–Crippen MR) is 173 cm³/mol. The van der Waals surface area contributed by atoms with E-state index >= 15 is 0 Å². The van der Waals surface area contributed by atoms with Crippen LogP contribution in [0.5, 0.6) is 0 Å². The number of thioether (sulfide) groups is 1. The summed E-state index contributed by atoms with van der Waals surface area (Å²) in [5.74, 6) is -0.629. The maximum Gasteiger partial charge on any atom is 0.293 e. The number of nitro benzene ring substituents is 1. The zero-order chi connectivity index (χ0) is 32.5. The van der Waals surface area contributed by atoms with E-state index in [1.165, 1.54) is 48.2 Å². The zero-order valence-corrected chi connectivity index (χ0v) is 25.8. The van der Waals surface area contributed by atoms with Crippen LogP contribution in [0.2, 0.25) is 0 Å². The molecule has 1 aromatic heterocycles. The lowest BCUT2D eigenvalue weighted by atomic mass is 10.0. The van der Waals surface area contributed by atoms with Crippen LogP contribution in [0.4, 0.5) is 15.8 Å². The molecule has 46 heavy (non-hydrogen) atoms. The fraction of sp³-hybridized carbons (Fsp3) is 0.121. The Hall–Kier alpha value is -4.98. The molecule has 0 aliphatic heterocycles. The van der Waals surface area contributed by atoms with Crippen molar-refractivity contribution in [3.63, 3.8) is 0 Å². The van der Waals surface area contributed by atoms with Crippen LogP contribution in [-0.4, -0.2) is 37.6 Å². The number of halogens is 1. The summed E-state index contributed by atoms with van der Waals surface area (Å²) >= 11 is 1.53. The first kappa shape index (κ1) is 32.4. The number of nitrogens with zero attached hydrogens (tertiary/aromatic N) is 1. The Balaban J connectivity index is 1.26. The number of nitro groups is 1. The van der Waals surface area contributed by atoms with Crippen molar-refractivity contribution in [3.05, 3.63) is 143 Å². The average molecular weight is 662 g/mol. The second kappa shape index (κ2) is 14.9. The maximum atomic E-state index is 13.2. The largest absolute Gasteiger partial charge is 0.467 e. The molecule has 0 aliphatic rings. The molecule has 0 bridgehead atoms. The maximum absolute atomic E-state index is 13.2. The number of amides is 1. The molecule has 0 aliphatic carbocycles. The first-order valence-electron chi connectivity index (χ1n) is 14.0. The minimum absolute atomic E-state index is 0.0541. The third-order valence-corrected chi connectivity index (χ3v) is 9.23. The van der Waals surface area contributed by atoms with Crippen LogP contribution < -0.4 is 10.0 Å². The normalized spacial score (nSPS) is 11.9. The van der Waals surface area contributed by atoms with Gasteiger partial charge in [-0.15, -0.1) is 11.8 Å². The molecule has 0 saturated carbocycles. The second-order valence-corrected chi connectivity index (χ2v) is 13.0. The number of carbonyl (C=O) groups is 1. The fourth-order valence-electron chi connectivity index (χ4n) is 4.41. The molecule has 4 aromatic carbocycles. The summed E-state index contributed by atoms with van der Waals surface area (Å²) in [4.78, 5) is 24.6. The van der Waals surface area contributed by atoms with Crippen LogP contribution in [0.3, 0.4) is 0 Å². The molecule has 10 nitrogen and oxygen atoms in total. The van der Waals surface area contributed by atoms with Gasteiger partial charge in [-0.05, 0) is 71.8 Å². The number of nitrogens with one attached hydrogen (secondary N) is 2. The van der Waals surface area contributed by atoms with Crippen LogP contribution >= 0.6 is 11.8 Å². The standard InChI is InChI=1S/C33H28FN3O7S2/c34-26-14-12-24(13-15-26)23-8-10-25(11-9-23)33(38)36-46(41,42)30-16-17-31(32(19-30)37(39)40)35-20-29(45-28-6-2-1-3-7-28)22-43-21-27-5-4-18-44-27/h1-19,29,35H,20-22H2,(H,36,38). The van der Waals surface area contributed by atoms with Gasteiger partial charge in [0.15, 0.2) is 0 Å². The third-order valence-electron chi connectivity index (χ3n) is 6.72. The van der Waals surface area contributed by atoms with Gasteiger partial charge in [-0.1, -0.05) is 42.5 Å². The number of furan rings is 1. The monoisotopic (exact) mass is 661 g/mol. The van der Waals surface area contributed by atoms with Crippen molar-refractivity contribution in [3.8, 4) is 11.1 Å². The molecule has 1 atom stereocenters. The van der Waals surface area contributed by atoms with Crippen molar-refractivity contribution in [1.82, 2.24) is 4.72 Å². The molecular weight excluding hydrogens is 634 g/mol. The van der Waals surface area contributed by atoms with Crippen molar-refractivity contribution < 1.29 is 31.7 Å². The molecular formula is C33H28FN3O7S2. The highest BCUT2D eigenvalue weighted by molar-refractivity contribution is 8.00. The predicted octanol–water partition coefficient (Wildman–Crippen LogP) is 6.90. The summed E-state index contributed by atoms with van der Waals surface area (Å²) in [6, 6.07) is 28.4. The van der Waals surface area contributed by atoms with Gasteiger partial charge in [0.25, 0.3) is 21.6 Å². The molecule has 0 radical (unpaired) electrons. The van der Waals surface area contributed by atoms with E-state index in [0.29, 0.717) is 23.5 Å². The molecule has 0 fully saturated rings. The molecule has 5 rings (SSSR count). The van der Waals surface area contributed by atoms with E-state index < -0.39 is 31.4 Å². The molecule has 1 heterocycles. The number of anilines is 1. The third kappa shape index (κ3) is 8.59. The summed E-state index contributed by atoms with van der Waals surface area (Å²) in [5.41, 5.74) is 1.11. The van der Waals surface area contributed by atoms with E-state index in [1.54, 1.807) is 42.7 Å². The van der Waals surface area contributed by atoms with Crippen LogP contribution in [0, 0.1) is 15.9 Å². The Morgan fingerprint density at radius 2 is 1.63 bits per heavy atom. The van der Waals surface area contributed by atoms with Gasteiger partial charge in [-0.3, -0.25) is 14.9 Å². The number of benzene rings is 4. The van der Waals surface area contributed by atoms with Gasteiger partial charge in [0.05, 0.1) is 27.9 Å². The highest BCUT2D eigenvalue weighted by Gasteiger charge is 2.24. The number of carbonyl (C=O) groups excluding carboxylic acids is 1. The minimum Gasteiger partial charge on any atom is -0.467 e. The van der Waals surface area contributed by atoms with Crippen molar-refractivity contribution in [1.29, 1.82) is 0 Å². The quantitative estimate of drug-likeness (QED) is 0.0738. The Labute approximate surface area is 268 Å². The van der Waals surface area contributed by atoms with Gasteiger partial charge in [-0.25, -0.2) is 17.5 Å². The molecule has 1 amide bonds. The SMILES string of the molecule is O=C(NS(=O)(=O)c1ccc(NCC(COCc2ccco2)Sc2ccccc2)c([N+](=O)[O-])c1)c1ccc(-c2ccc(F)cc2)cc1. The fourth-order valence-corrected chi connectivity index (χ4v) is 6.43. The van der Waals surface area contributed by atoms with Gasteiger partial charge in [0.1, 0.15) is 23.9 Å². The van der Waals surface area contributed by atoms with Gasteiger partial charge < -0.3 is 14.5 Å². The van der Waals surface area contributed by atoms with Crippen LogP contribution in [0.15, 0.2) is 130 Å². The highest BCUT2D eigenvalue weighted by Crippen LogP contribution is 2.30. The number of hydrogen-bond acceptors (Lipinski definition) is 9. The van der Waals surface area contributed by atoms with Crippen LogP contribution in [0.25, 0.3) is 11.1 Å². The molecule has 1 unspecified atom stereocenters. The summed E-state index contributed by atoms with van der Waals surface area (Å²) in [5, 5.41) is 14.9. The van der Waals surface area contributed by atoms with Crippen LogP contribution in [0.1, 0.15) is 16.1 Å². The van der Waals surface area contributed by atoms with Crippen molar-refractivity contribution in [2.45, 2.75) is 21.6 Å². The second-order valence-electron chi connectivity index (χ2n) is 9.98. The smallest absolute Gasteiger partial charge is 0.293 e. The Morgan fingerprint density at radius 3 is 2.28 bits per heavy atom.